The van der Waals surface area contributed by atoms with Crippen LogP contribution in [0.25, 0.3) is 0 Å². The zero-order valence-corrected chi connectivity index (χ0v) is 16.6. The molecule has 0 heterocycles. The summed E-state index contributed by atoms with van der Waals surface area (Å²) in [4.78, 5) is 12.1. The lowest BCUT2D eigenvalue weighted by atomic mass is 10.2. The Balaban J connectivity index is 1.53. The molecule has 0 bridgehead atoms. The molecule has 0 aromatic heterocycles. The van der Waals surface area contributed by atoms with Gasteiger partial charge in [-0.15, -0.1) is 0 Å². The summed E-state index contributed by atoms with van der Waals surface area (Å²) in [5, 5.41) is 9.06. The average Bonchev–Trinajstić information content (AvgIpc) is 2.70. The Kier molecular flexibility index (Phi) is 6.74. The van der Waals surface area contributed by atoms with E-state index in [1.54, 1.807) is 36.4 Å². The predicted molar refractivity (Wildman–Crippen MR) is 115 cm³/mol. The summed E-state index contributed by atoms with van der Waals surface area (Å²) in [5.74, 6) is -1.58. The molecule has 0 aliphatic carbocycles. The summed E-state index contributed by atoms with van der Waals surface area (Å²) < 4.78 is 26.8. The van der Waals surface area contributed by atoms with Crippen molar-refractivity contribution in [1.29, 1.82) is 0 Å². The van der Waals surface area contributed by atoms with Crippen molar-refractivity contribution in [2.75, 3.05) is 10.6 Å². The standard InChI is InChI=1S/C21H16ClF2N3OS/c22-17-11-13(5-10-19(17)24)12-25-21(29)27-15-8-6-14(7-9-15)26-20(28)16-3-1-2-4-18(16)23/h1-11H,12H2,(H,26,28)(H2,25,27,29). The Morgan fingerprint density at radius 3 is 2.21 bits per heavy atom. The zero-order chi connectivity index (χ0) is 20.8. The van der Waals surface area contributed by atoms with Gasteiger partial charge in [0.05, 0.1) is 10.6 Å². The van der Waals surface area contributed by atoms with Gasteiger partial charge in [0.2, 0.25) is 0 Å². The van der Waals surface area contributed by atoms with E-state index in [4.69, 9.17) is 23.8 Å². The van der Waals surface area contributed by atoms with Crippen molar-refractivity contribution in [2.24, 2.45) is 0 Å². The molecule has 0 unspecified atom stereocenters. The number of anilines is 2. The summed E-state index contributed by atoms with van der Waals surface area (Å²) >= 11 is 11.0. The van der Waals surface area contributed by atoms with E-state index in [1.165, 1.54) is 30.3 Å². The van der Waals surface area contributed by atoms with Crippen LogP contribution in [-0.4, -0.2) is 11.0 Å². The fraction of sp³-hybridized carbons (Fsp3) is 0.0476. The van der Waals surface area contributed by atoms with Gasteiger partial charge in [0.25, 0.3) is 5.91 Å². The van der Waals surface area contributed by atoms with Crippen molar-refractivity contribution < 1.29 is 13.6 Å². The van der Waals surface area contributed by atoms with Gasteiger partial charge in [-0.2, -0.15) is 0 Å². The molecule has 29 heavy (non-hydrogen) atoms. The molecule has 3 rings (SSSR count). The molecule has 0 aliphatic rings. The molecule has 3 N–H and O–H groups in total. The number of benzene rings is 3. The molecule has 0 spiro atoms. The highest BCUT2D eigenvalue weighted by Crippen LogP contribution is 2.17. The summed E-state index contributed by atoms with van der Waals surface area (Å²) in [6.45, 7) is 0.378. The minimum atomic E-state index is -0.581. The van der Waals surface area contributed by atoms with Crippen LogP contribution in [0.4, 0.5) is 20.2 Å². The Hall–Kier alpha value is -3.03. The quantitative estimate of drug-likeness (QED) is 0.476. The maximum absolute atomic E-state index is 13.7. The van der Waals surface area contributed by atoms with Crippen molar-refractivity contribution in [3.63, 3.8) is 0 Å². The smallest absolute Gasteiger partial charge is 0.258 e. The lowest BCUT2D eigenvalue weighted by Crippen LogP contribution is -2.27. The van der Waals surface area contributed by atoms with E-state index in [9.17, 15) is 13.6 Å². The Morgan fingerprint density at radius 1 is 0.897 bits per heavy atom. The van der Waals surface area contributed by atoms with E-state index < -0.39 is 17.5 Å². The first-order valence-corrected chi connectivity index (χ1v) is 9.36. The van der Waals surface area contributed by atoms with Crippen molar-refractivity contribution in [3.8, 4) is 0 Å². The fourth-order valence-electron chi connectivity index (χ4n) is 2.49. The largest absolute Gasteiger partial charge is 0.358 e. The summed E-state index contributed by atoms with van der Waals surface area (Å²) in [5.41, 5.74) is 1.97. The fourth-order valence-corrected chi connectivity index (χ4v) is 2.88. The molecule has 3 aromatic rings. The summed E-state index contributed by atoms with van der Waals surface area (Å²) in [6, 6.07) is 17.0. The van der Waals surface area contributed by atoms with Gasteiger partial charge in [-0.25, -0.2) is 8.78 Å². The Labute approximate surface area is 176 Å². The Bertz CT molecular complexity index is 1040. The number of hydrogen-bond donors (Lipinski definition) is 3. The molecule has 1 amide bonds. The predicted octanol–water partition coefficient (Wildman–Crippen LogP) is 5.36. The zero-order valence-electron chi connectivity index (χ0n) is 15.0. The second kappa shape index (κ2) is 9.45. The minimum Gasteiger partial charge on any atom is -0.358 e. The summed E-state index contributed by atoms with van der Waals surface area (Å²) in [6.07, 6.45) is 0. The highest BCUT2D eigenvalue weighted by atomic mass is 35.5. The second-order valence-corrected chi connectivity index (χ2v) is 6.88. The van der Waals surface area contributed by atoms with Crippen molar-refractivity contribution in [3.05, 3.63) is 94.5 Å². The van der Waals surface area contributed by atoms with Crippen LogP contribution in [0, 0.1) is 11.6 Å². The lowest BCUT2D eigenvalue weighted by Gasteiger charge is -2.12. The number of thiocarbonyl (C=S) groups is 1. The molecule has 148 valence electrons. The molecule has 0 saturated carbocycles. The van der Waals surface area contributed by atoms with Gasteiger partial charge in [-0.05, 0) is 66.3 Å². The number of amides is 1. The van der Waals surface area contributed by atoms with Gasteiger partial charge in [-0.1, -0.05) is 29.8 Å². The average molecular weight is 432 g/mol. The normalized spacial score (nSPS) is 10.3. The van der Waals surface area contributed by atoms with E-state index >= 15 is 0 Å². The van der Waals surface area contributed by atoms with Gasteiger partial charge < -0.3 is 16.0 Å². The van der Waals surface area contributed by atoms with Gasteiger partial charge >= 0.3 is 0 Å². The number of rotatable bonds is 5. The van der Waals surface area contributed by atoms with Crippen LogP contribution in [0.2, 0.25) is 5.02 Å². The van der Waals surface area contributed by atoms with Gasteiger partial charge in [0.1, 0.15) is 11.6 Å². The van der Waals surface area contributed by atoms with E-state index in [0.29, 0.717) is 23.0 Å². The first kappa shape index (κ1) is 20.7. The van der Waals surface area contributed by atoms with Crippen LogP contribution in [0.3, 0.4) is 0 Å². The highest BCUT2D eigenvalue weighted by molar-refractivity contribution is 7.80. The molecule has 0 saturated heterocycles. The monoisotopic (exact) mass is 431 g/mol. The molecule has 0 atom stereocenters. The number of halogens is 3. The van der Waals surface area contributed by atoms with Crippen LogP contribution in [0.15, 0.2) is 66.7 Å². The number of nitrogens with one attached hydrogen (secondary N) is 3. The molecule has 0 aliphatic heterocycles. The van der Waals surface area contributed by atoms with E-state index in [1.807, 2.05) is 0 Å². The van der Waals surface area contributed by atoms with Crippen LogP contribution in [0.5, 0.6) is 0 Å². The third kappa shape index (κ3) is 5.73. The third-order valence-electron chi connectivity index (χ3n) is 3.96. The minimum absolute atomic E-state index is 0.0269. The number of hydrogen-bond acceptors (Lipinski definition) is 2. The topological polar surface area (TPSA) is 53.2 Å². The number of carbonyl (C=O) groups excluding carboxylic acids is 1. The van der Waals surface area contributed by atoms with Crippen molar-refractivity contribution in [2.45, 2.75) is 6.54 Å². The van der Waals surface area contributed by atoms with Gasteiger partial charge in [0, 0.05) is 17.9 Å². The molecular formula is C21H16ClF2N3OS. The third-order valence-corrected chi connectivity index (χ3v) is 4.49. The van der Waals surface area contributed by atoms with Crippen LogP contribution >= 0.6 is 23.8 Å². The first-order valence-electron chi connectivity index (χ1n) is 8.57. The second-order valence-electron chi connectivity index (χ2n) is 6.07. The van der Waals surface area contributed by atoms with Crippen LogP contribution < -0.4 is 16.0 Å². The Morgan fingerprint density at radius 2 is 1.55 bits per heavy atom. The van der Waals surface area contributed by atoms with E-state index in [2.05, 4.69) is 16.0 Å². The lowest BCUT2D eigenvalue weighted by molar-refractivity contribution is 0.102. The first-order chi connectivity index (χ1) is 13.9. The SMILES string of the molecule is O=C(Nc1ccc(NC(=S)NCc2ccc(F)c(Cl)c2)cc1)c1ccccc1F. The maximum atomic E-state index is 13.7. The summed E-state index contributed by atoms with van der Waals surface area (Å²) in [7, 11) is 0. The number of carbonyl (C=O) groups is 1. The molecule has 3 aromatic carbocycles. The van der Waals surface area contributed by atoms with Gasteiger partial charge in [0.15, 0.2) is 5.11 Å². The van der Waals surface area contributed by atoms with Crippen molar-refractivity contribution >= 4 is 46.2 Å². The molecule has 0 radical (unpaired) electrons. The molecule has 0 fully saturated rings. The van der Waals surface area contributed by atoms with Gasteiger partial charge in [-0.3, -0.25) is 4.79 Å². The van der Waals surface area contributed by atoms with Crippen LogP contribution in [0.1, 0.15) is 15.9 Å². The maximum Gasteiger partial charge on any atom is 0.258 e. The molecule has 8 heteroatoms. The van der Waals surface area contributed by atoms with Crippen molar-refractivity contribution in [1.82, 2.24) is 5.32 Å². The highest BCUT2D eigenvalue weighted by Gasteiger charge is 2.11. The van der Waals surface area contributed by atoms with E-state index in [0.717, 1.165) is 5.56 Å². The van der Waals surface area contributed by atoms with E-state index in [-0.39, 0.29) is 10.6 Å². The van der Waals surface area contributed by atoms with Crippen LogP contribution in [-0.2, 0) is 6.54 Å². The molecule has 4 nitrogen and oxygen atoms in total. The molecular weight excluding hydrogens is 416 g/mol.